The minimum absolute atomic E-state index is 0.0658. The van der Waals surface area contributed by atoms with E-state index < -0.39 is 0 Å². The molecule has 14 nitrogen and oxygen atoms in total. The van der Waals surface area contributed by atoms with Crippen LogP contribution < -0.4 is 16.4 Å². The van der Waals surface area contributed by atoms with Gasteiger partial charge < -0.3 is 54.3 Å². The van der Waals surface area contributed by atoms with Crippen molar-refractivity contribution in [3.63, 3.8) is 0 Å². The number of nitrogens with one attached hydrogen (secondary N) is 2. The fraction of sp³-hybridized carbons (Fsp3) is 0.705. The number of primary amides is 1. The van der Waals surface area contributed by atoms with Crippen molar-refractivity contribution in [1.29, 1.82) is 0 Å². The van der Waals surface area contributed by atoms with Crippen LogP contribution in [0, 0.1) is 5.41 Å². The molecule has 0 bridgehead atoms. The van der Waals surface area contributed by atoms with E-state index >= 15 is 0 Å². The molecule has 0 radical (unpaired) electrons. The Bertz CT molecular complexity index is 1280. The van der Waals surface area contributed by atoms with Gasteiger partial charge in [-0.1, -0.05) is 55.4 Å². The van der Waals surface area contributed by atoms with Gasteiger partial charge >= 0.3 is 0 Å². The van der Waals surface area contributed by atoms with Crippen LogP contribution in [-0.4, -0.2) is 137 Å². The first-order valence-electron chi connectivity index (χ1n) is 20.9. The van der Waals surface area contributed by atoms with Crippen molar-refractivity contribution in [3.8, 4) is 0 Å². The van der Waals surface area contributed by atoms with Gasteiger partial charge in [0.25, 0.3) is 0 Å². The van der Waals surface area contributed by atoms with Crippen LogP contribution in [-0.2, 0) is 52.3 Å². The highest BCUT2D eigenvalue weighted by Crippen LogP contribution is 2.40. The molecular formula is C44H75N3O11. The zero-order valence-corrected chi connectivity index (χ0v) is 36.2. The molecule has 0 aromatic carbocycles. The Balaban J connectivity index is 1.86. The van der Waals surface area contributed by atoms with E-state index in [0.717, 1.165) is 5.57 Å². The van der Waals surface area contributed by atoms with E-state index in [0.29, 0.717) is 132 Å². The number of carbonyl (C=O) groups excluding carboxylic acids is 3. The number of hydrogen-bond donors (Lipinski definition) is 3. The van der Waals surface area contributed by atoms with Gasteiger partial charge in [0.2, 0.25) is 17.7 Å². The number of allylic oxidation sites excluding steroid dienone is 9. The quantitative estimate of drug-likeness (QED) is 0.0441. The molecule has 4 N–H and O–H groups in total. The van der Waals surface area contributed by atoms with E-state index in [-0.39, 0.29) is 36.0 Å². The first-order valence-corrected chi connectivity index (χ1v) is 20.9. The summed E-state index contributed by atoms with van der Waals surface area (Å²) in [4.78, 5) is 34.8. The number of hydrogen-bond acceptors (Lipinski definition) is 11. The van der Waals surface area contributed by atoms with Crippen LogP contribution in [0.25, 0.3) is 0 Å². The van der Waals surface area contributed by atoms with Gasteiger partial charge in [-0.15, -0.1) is 0 Å². The number of nitrogens with two attached hydrogens (primary N) is 1. The lowest BCUT2D eigenvalue weighted by molar-refractivity contribution is -0.122. The molecule has 0 saturated carbocycles. The SMILES string of the molecule is CC1=C(/C=C/C(C)=C/C=C/C(C)=C/C(=O)NCCCOCCOCCOCCCNC(=O)CCOCCOCCOCCOCCOCCC(N)=O)C(C)(C)CCC1. The third-order valence-corrected chi connectivity index (χ3v) is 8.88. The molecule has 1 aliphatic carbocycles. The van der Waals surface area contributed by atoms with Crippen molar-refractivity contribution >= 4 is 17.7 Å². The molecule has 0 aromatic rings. The Hall–Kier alpha value is -3.21. The van der Waals surface area contributed by atoms with Crippen LogP contribution >= 0.6 is 0 Å². The highest BCUT2D eigenvalue weighted by Gasteiger charge is 2.26. The van der Waals surface area contributed by atoms with Gasteiger partial charge in [-0.25, -0.2) is 0 Å². The Morgan fingerprint density at radius 1 is 0.638 bits per heavy atom. The molecular weight excluding hydrogens is 746 g/mol. The lowest BCUT2D eigenvalue weighted by Crippen LogP contribution is -2.26. The zero-order chi connectivity index (χ0) is 42.5. The molecule has 0 spiro atoms. The van der Waals surface area contributed by atoms with Crippen molar-refractivity contribution in [2.75, 3.05) is 119 Å². The largest absolute Gasteiger partial charge is 0.379 e. The summed E-state index contributed by atoms with van der Waals surface area (Å²) < 4.78 is 43.5. The van der Waals surface area contributed by atoms with E-state index in [2.05, 4.69) is 56.6 Å². The third kappa shape index (κ3) is 31.7. The van der Waals surface area contributed by atoms with Crippen molar-refractivity contribution < 1.29 is 52.3 Å². The maximum Gasteiger partial charge on any atom is 0.244 e. The standard InChI is InChI=1S/C44H75N3O11/c1-37(13-14-40-39(3)12-7-17-44(40,4)5)10-6-11-38(2)36-43(50)47-19-9-21-52-25-29-55-28-24-51-20-8-18-46-42(49)16-23-54-27-31-57-33-35-58-34-32-56-30-26-53-22-15-41(45)48/h6,10-11,13-14,36H,7-9,12,15-35H2,1-5H3,(H2,45,48)(H,46,49)(H,47,50)/b11-6+,14-13+,37-10+,38-36+. The van der Waals surface area contributed by atoms with Gasteiger partial charge in [0, 0.05) is 45.2 Å². The maximum atomic E-state index is 12.2. The highest BCUT2D eigenvalue weighted by molar-refractivity contribution is 5.88. The minimum atomic E-state index is -0.384. The molecule has 0 heterocycles. The molecule has 1 rings (SSSR count). The molecule has 0 unspecified atom stereocenters. The molecule has 0 aromatic heterocycles. The lowest BCUT2D eigenvalue weighted by Gasteiger charge is -2.32. The summed E-state index contributed by atoms with van der Waals surface area (Å²) in [5.41, 5.74) is 10.3. The predicted molar refractivity (Wildman–Crippen MR) is 226 cm³/mol. The second kappa shape index (κ2) is 35.7. The summed E-state index contributed by atoms with van der Waals surface area (Å²) in [5, 5.41) is 5.76. The Morgan fingerprint density at radius 3 is 1.60 bits per heavy atom. The van der Waals surface area contributed by atoms with Gasteiger partial charge in [0.05, 0.1) is 92.5 Å². The van der Waals surface area contributed by atoms with Crippen LogP contribution in [0.5, 0.6) is 0 Å². The molecule has 332 valence electrons. The van der Waals surface area contributed by atoms with Gasteiger partial charge in [-0.3, -0.25) is 14.4 Å². The second-order valence-corrected chi connectivity index (χ2v) is 14.6. The fourth-order valence-electron chi connectivity index (χ4n) is 5.68. The summed E-state index contributed by atoms with van der Waals surface area (Å²) in [5.74, 6) is -0.563. The van der Waals surface area contributed by atoms with Crippen molar-refractivity contribution in [3.05, 3.63) is 58.7 Å². The lowest BCUT2D eigenvalue weighted by atomic mass is 9.72. The fourth-order valence-corrected chi connectivity index (χ4v) is 5.68. The van der Waals surface area contributed by atoms with Crippen LogP contribution in [0.1, 0.15) is 79.6 Å². The molecule has 0 aliphatic heterocycles. The topological polar surface area (TPSA) is 175 Å². The number of ether oxygens (including phenoxy) is 8. The van der Waals surface area contributed by atoms with Crippen molar-refractivity contribution in [1.82, 2.24) is 10.6 Å². The molecule has 0 fully saturated rings. The van der Waals surface area contributed by atoms with E-state index in [1.807, 2.05) is 19.1 Å². The number of rotatable bonds is 37. The van der Waals surface area contributed by atoms with Crippen molar-refractivity contribution in [2.24, 2.45) is 11.1 Å². The zero-order valence-electron chi connectivity index (χ0n) is 36.2. The molecule has 0 atom stereocenters. The maximum absolute atomic E-state index is 12.2. The summed E-state index contributed by atoms with van der Waals surface area (Å²) in [6.45, 7) is 19.0. The van der Waals surface area contributed by atoms with Gasteiger partial charge in [0.1, 0.15) is 0 Å². The molecule has 1 aliphatic rings. The smallest absolute Gasteiger partial charge is 0.244 e. The number of carbonyl (C=O) groups is 3. The van der Waals surface area contributed by atoms with Crippen LogP contribution in [0.15, 0.2) is 58.7 Å². The average Bonchev–Trinajstić information content (AvgIpc) is 3.16. The first kappa shape index (κ1) is 52.8. The summed E-state index contributed by atoms with van der Waals surface area (Å²) in [7, 11) is 0. The van der Waals surface area contributed by atoms with Gasteiger partial charge in [0.15, 0.2) is 0 Å². The Kier molecular flexibility index (Phi) is 32.5. The number of amides is 3. The molecule has 14 heteroatoms. The highest BCUT2D eigenvalue weighted by atomic mass is 16.6. The van der Waals surface area contributed by atoms with Gasteiger partial charge in [-0.05, 0) is 69.4 Å². The second-order valence-electron chi connectivity index (χ2n) is 14.6. The molecule has 58 heavy (non-hydrogen) atoms. The summed E-state index contributed by atoms with van der Waals surface area (Å²) in [6.07, 6.45) is 17.6. The summed E-state index contributed by atoms with van der Waals surface area (Å²) >= 11 is 0. The first-order chi connectivity index (χ1) is 28.0. The average molecular weight is 822 g/mol. The van der Waals surface area contributed by atoms with E-state index in [4.69, 9.17) is 43.6 Å². The van der Waals surface area contributed by atoms with E-state index in [9.17, 15) is 14.4 Å². The van der Waals surface area contributed by atoms with Crippen molar-refractivity contribution in [2.45, 2.75) is 79.6 Å². The normalized spacial score (nSPS) is 14.8. The predicted octanol–water partition coefficient (Wildman–Crippen LogP) is 4.93. The Morgan fingerprint density at radius 2 is 1.10 bits per heavy atom. The Labute approximate surface area is 348 Å². The minimum Gasteiger partial charge on any atom is -0.379 e. The third-order valence-electron chi connectivity index (χ3n) is 8.88. The van der Waals surface area contributed by atoms with Crippen LogP contribution in [0.3, 0.4) is 0 Å². The molecule has 3 amide bonds. The van der Waals surface area contributed by atoms with E-state index in [1.54, 1.807) is 6.08 Å². The van der Waals surface area contributed by atoms with Crippen LogP contribution in [0.4, 0.5) is 0 Å². The monoisotopic (exact) mass is 822 g/mol. The van der Waals surface area contributed by atoms with Gasteiger partial charge in [-0.2, -0.15) is 0 Å². The van der Waals surface area contributed by atoms with Crippen LogP contribution in [0.2, 0.25) is 0 Å². The molecule has 0 saturated heterocycles. The van der Waals surface area contributed by atoms with E-state index in [1.165, 1.54) is 36.0 Å². The summed E-state index contributed by atoms with van der Waals surface area (Å²) in [6, 6.07) is 0.